The van der Waals surface area contributed by atoms with Crippen LogP contribution in [0, 0.1) is 5.92 Å². The predicted octanol–water partition coefficient (Wildman–Crippen LogP) is 7.91. The standard InChI is InChI=1S/C38H31N5/c1-4-12-26(13-5-1)29-20-22-32-31-18-10-11-19-33(31)43(34(32)24-29)35-23-21-30(25-39-35)38-41-36(27-14-6-2-7-15-27)40-37(42-38)28-16-8-3-9-17-28/h1-16,18-25,28,35,38-39H,17H2,(H,40,41,42). The molecule has 208 valence electrons. The van der Waals surface area contributed by atoms with Crippen molar-refractivity contribution in [2.24, 2.45) is 15.9 Å². The van der Waals surface area contributed by atoms with Crippen molar-refractivity contribution in [3.8, 4) is 11.1 Å². The molecule has 3 atom stereocenters. The normalized spacial score (nSPS) is 21.2. The van der Waals surface area contributed by atoms with Crippen molar-refractivity contribution in [2.75, 3.05) is 0 Å². The first-order valence-corrected chi connectivity index (χ1v) is 14.9. The molecule has 4 aromatic carbocycles. The third kappa shape index (κ3) is 4.69. The topological polar surface area (TPSA) is 53.7 Å². The third-order valence-corrected chi connectivity index (χ3v) is 8.42. The van der Waals surface area contributed by atoms with E-state index in [0.717, 1.165) is 29.2 Å². The van der Waals surface area contributed by atoms with Crippen LogP contribution in [0.25, 0.3) is 32.9 Å². The SMILES string of the molecule is C1=CCC(C2=NC(C3=CNC(n4c5ccccc5c5ccc(-c6ccccc6)cc54)C=C3)NC(c3ccccc3)=N2)C=C1. The van der Waals surface area contributed by atoms with Crippen molar-refractivity contribution in [3.63, 3.8) is 0 Å². The molecule has 0 fully saturated rings. The van der Waals surface area contributed by atoms with Gasteiger partial charge in [0.2, 0.25) is 0 Å². The van der Waals surface area contributed by atoms with Gasteiger partial charge in [-0.15, -0.1) is 0 Å². The van der Waals surface area contributed by atoms with E-state index in [1.54, 1.807) is 0 Å². The van der Waals surface area contributed by atoms with Gasteiger partial charge in [-0.25, -0.2) is 9.98 Å². The first-order valence-electron chi connectivity index (χ1n) is 14.9. The van der Waals surface area contributed by atoms with E-state index < -0.39 is 0 Å². The minimum atomic E-state index is -0.241. The number of aliphatic imine (C=N–C) groups is 2. The number of hydrogen-bond donors (Lipinski definition) is 2. The molecule has 1 aliphatic carbocycles. The summed E-state index contributed by atoms with van der Waals surface area (Å²) in [4.78, 5) is 10.1. The number of aromatic nitrogens is 1. The Morgan fingerprint density at radius 1 is 0.698 bits per heavy atom. The molecule has 0 spiro atoms. The monoisotopic (exact) mass is 557 g/mol. The minimum Gasteiger partial charge on any atom is -0.367 e. The molecule has 0 saturated heterocycles. The molecule has 5 nitrogen and oxygen atoms in total. The second kappa shape index (κ2) is 10.8. The molecule has 0 radical (unpaired) electrons. The largest absolute Gasteiger partial charge is 0.367 e. The number of nitrogens with zero attached hydrogens (tertiary/aromatic N) is 3. The van der Waals surface area contributed by atoms with Crippen LogP contribution in [-0.2, 0) is 0 Å². The second-order valence-electron chi connectivity index (χ2n) is 11.1. The fourth-order valence-electron chi connectivity index (χ4n) is 6.25. The lowest BCUT2D eigenvalue weighted by molar-refractivity contribution is 0.565. The lowest BCUT2D eigenvalue weighted by Gasteiger charge is -2.29. The summed E-state index contributed by atoms with van der Waals surface area (Å²) in [5, 5.41) is 9.80. The summed E-state index contributed by atoms with van der Waals surface area (Å²) < 4.78 is 2.40. The zero-order valence-electron chi connectivity index (χ0n) is 23.6. The first-order chi connectivity index (χ1) is 21.3. The summed E-state index contributed by atoms with van der Waals surface area (Å²) >= 11 is 0. The van der Waals surface area contributed by atoms with Crippen LogP contribution in [0.5, 0.6) is 0 Å². The molecule has 43 heavy (non-hydrogen) atoms. The molecule has 3 aliphatic rings. The van der Waals surface area contributed by atoms with Crippen molar-refractivity contribution in [3.05, 3.63) is 157 Å². The van der Waals surface area contributed by atoms with Gasteiger partial charge >= 0.3 is 0 Å². The van der Waals surface area contributed by atoms with E-state index in [4.69, 9.17) is 9.98 Å². The fraction of sp³-hybridized carbons (Fsp3) is 0.105. The van der Waals surface area contributed by atoms with Crippen molar-refractivity contribution >= 4 is 33.5 Å². The van der Waals surface area contributed by atoms with Crippen LogP contribution in [0.1, 0.15) is 18.2 Å². The highest BCUT2D eigenvalue weighted by Crippen LogP contribution is 2.35. The van der Waals surface area contributed by atoms with Gasteiger partial charge in [-0.05, 0) is 35.8 Å². The molecule has 2 aliphatic heterocycles. The maximum absolute atomic E-state index is 5.10. The van der Waals surface area contributed by atoms with Crippen molar-refractivity contribution in [1.29, 1.82) is 0 Å². The van der Waals surface area contributed by atoms with Gasteiger partial charge in [0.15, 0.2) is 0 Å². The maximum Gasteiger partial charge on any atom is 0.149 e. The van der Waals surface area contributed by atoms with E-state index in [2.05, 4.69) is 143 Å². The van der Waals surface area contributed by atoms with Gasteiger partial charge in [0.05, 0.1) is 11.0 Å². The molecule has 0 saturated carbocycles. The Morgan fingerprint density at radius 2 is 1.47 bits per heavy atom. The number of nitrogens with one attached hydrogen (secondary N) is 2. The van der Waals surface area contributed by atoms with Crippen molar-refractivity contribution in [1.82, 2.24) is 15.2 Å². The molecule has 8 rings (SSSR count). The third-order valence-electron chi connectivity index (χ3n) is 8.42. The number of benzene rings is 4. The summed E-state index contributed by atoms with van der Waals surface area (Å²) in [5.74, 6) is 1.87. The summed E-state index contributed by atoms with van der Waals surface area (Å²) in [6, 6.07) is 36.3. The van der Waals surface area contributed by atoms with Crippen molar-refractivity contribution in [2.45, 2.75) is 18.8 Å². The van der Waals surface area contributed by atoms with Gasteiger partial charge in [-0.1, -0.05) is 121 Å². The van der Waals surface area contributed by atoms with E-state index in [9.17, 15) is 0 Å². The van der Waals surface area contributed by atoms with Gasteiger partial charge in [-0.3, -0.25) is 0 Å². The maximum atomic E-state index is 5.10. The Morgan fingerprint density at radius 3 is 2.23 bits per heavy atom. The average Bonchev–Trinajstić information content (AvgIpc) is 3.43. The van der Waals surface area contributed by atoms with E-state index in [-0.39, 0.29) is 18.2 Å². The Balaban J connectivity index is 1.14. The molecule has 0 amide bonds. The highest BCUT2D eigenvalue weighted by atomic mass is 15.2. The van der Waals surface area contributed by atoms with Crippen LogP contribution in [0.15, 0.2) is 161 Å². The van der Waals surface area contributed by atoms with Gasteiger partial charge in [0, 0.05) is 34.0 Å². The molecule has 5 heteroatoms. The Labute approximate surface area is 251 Å². The number of para-hydroxylation sites is 1. The zero-order chi connectivity index (χ0) is 28.6. The van der Waals surface area contributed by atoms with Gasteiger partial charge in [0.1, 0.15) is 24.0 Å². The quantitative estimate of drug-likeness (QED) is 0.231. The van der Waals surface area contributed by atoms with Gasteiger partial charge < -0.3 is 15.2 Å². The summed E-state index contributed by atoms with van der Waals surface area (Å²) in [5.41, 5.74) is 6.95. The van der Waals surface area contributed by atoms with Gasteiger partial charge in [0.25, 0.3) is 0 Å². The van der Waals surface area contributed by atoms with E-state index in [1.165, 1.54) is 32.9 Å². The lowest BCUT2D eigenvalue weighted by atomic mass is 9.98. The van der Waals surface area contributed by atoms with Crippen molar-refractivity contribution < 1.29 is 0 Å². The average molecular weight is 558 g/mol. The van der Waals surface area contributed by atoms with E-state index in [0.29, 0.717) is 0 Å². The smallest absolute Gasteiger partial charge is 0.149 e. The minimum absolute atomic E-state index is 0.0436. The molecule has 3 heterocycles. The highest BCUT2D eigenvalue weighted by Gasteiger charge is 2.26. The number of hydrogen-bond acceptors (Lipinski definition) is 4. The second-order valence-corrected chi connectivity index (χ2v) is 11.1. The predicted molar refractivity (Wildman–Crippen MR) is 178 cm³/mol. The number of rotatable bonds is 5. The van der Waals surface area contributed by atoms with Crippen LogP contribution in [0.4, 0.5) is 0 Å². The van der Waals surface area contributed by atoms with Crippen LogP contribution in [0.2, 0.25) is 0 Å². The van der Waals surface area contributed by atoms with Crippen LogP contribution in [-0.4, -0.2) is 22.4 Å². The van der Waals surface area contributed by atoms with E-state index in [1.807, 2.05) is 18.2 Å². The Bertz CT molecular complexity index is 2010. The molecule has 3 unspecified atom stereocenters. The summed E-state index contributed by atoms with van der Waals surface area (Å²) in [7, 11) is 0. The van der Waals surface area contributed by atoms with Crippen LogP contribution in [0.3, 0.4) is 0 Å². The van der Waals surface area contributed by atoms with E-state index >= 15 is 0 Å². The highest BCUT2D eigenvalue weighted by molar-refractivity contribution is 6.10. The van der Waals surface area contributed by atoms with Crippen LogP contribution >= 0.6 is 0 Å². The number of fused-ring (bicyclic) bond motifs is 3. The molecular formula is C38H31N5. The zero-order valence-corrected chi connectivity index (χ0v) is 23.6. The van der Waals surface area contributed by atoms with Crippen LogP contribution < -0.4 is 10.6 Å². The molecule has 2 N–H and O–H groups in total. The Kier molecular flexibility index (Phi) is 6.34. The number of amidine groups is 2. The molecule has 5 aromatic rings. The molecular weight excluding hydrogens is 526 g/mol. The fourth-order valence-corrected chi connectivity index (χ4v) is 6.25. The van der Waals surface area contributed by atoms with Gasteiger partial charge in [-0.2, -0.15) is 0 Å². The number of allylic oxidation sites excluding steroid dienone is 3. The summed E-state index contributed by atoms with van der Waals surface area (Å²) in [6.45, 7) is 0. The first kappa shape index (κ1) is 25.3. The molecule has 1 aromatic heterocycles. The lowest BCUT2D eigenvalue weighted by Crippen LogP contribution is -2.41. The summed E-state index contributed by atoms with van der Waals surface area (Å²) in [6.07, 6.45) is 15.7. The number of dihydropyridines is 1. The Hall–Kier alpha value is -5.42. The molecule has 0 bridgehead atoms.